The standard InChI is InChI=1S/C14H23N7O3/c15-9(5-12(16)22)10-7-21(20-19-10)11(6-13(17)23)14(24)8-1-3-18-4-2-8/h7-9,11,18H,1-6,15H2,(H2,16,22)(H2,17,23)/t9-,11-/m0/s1. The van der Waals surface area contributed by atoms with E-state index in [1.807, 2.05) is 0 Å². The first-order valence-electron chi connectivity index (χ1n) is 7.86. The second kappa shape index (κ2) is 7.97. The highest BCUT2D eigenvalue weighted by molar-refractivity contribution is 5.89. The number of nitrogens with zero attached hydrogens (tertiary/aromatic N) is 3. The zero-order chi connectivity index (χ0) is 17.7. The van der Waals surface area contributed by atoms with Crippen molar-refractivity contribution in [1.82, 2.24) is 20.3 Å². The van der Waals surface area contributed by atoms with Crippen molar-refractivity contribution >= 4 is 17.6 Å². The van der Waals surface area contributed by atoms with Crippen LogP contribution in [0, 0.1) is 5.92 Å². The molecule has 0 unspecified atom stereocenters. The zero-order valence-corrected chi connectivity index (χ0v) is 13.4. The normalized spacial score (nSPS) is 18.0. The van der Waals surface area contributed by atoms with Crippen LogP contribution in [0.4, 0.5) is 0 Å². The Balaban J connectivity index is 2.18. The maximum absolute atomic E-state index is 12.8. The summed E-state index contributed by atoms with van der Waals surface area (Å²) >= 11 is 0. The molecule has 132 valence electrons. The van der Waals surface area contributed by atoms with Crippen molar-refractivity contribution in [3.8, 4) is 0 Å². The number of piperidine rings is 1. The number of Topliss-reactive ketones (excluding diaryl/α,β-unsaturated/α-hetero) is 1. The van der Waals surface area contributed by atoms with E-state index in [0.717, 1.165) is 13.1 Å². The molecule has 1 aliphatic rings. The molecular formula is C14H23N7O3. The number of hydrogen-bond donors (Lipinski definition) is 4. The number of carbonyl (C=O) groups excluding carboxylic acids is 3. The summed E-state index contributed by atoms with van der Waals surface area (Å²) in [6.45, 7) is 1.51. The molecule has 10 nitrogen and oxygen atoms in total. The molecule has 0 aliphatic carbocycles. The number of nitrogens with one attached hydrogen (secondary N) is 1. The molecule has 2 amide bonds. The third kappa shape index (κ3) is 4.59. The van der Waals surface area contributed by atoms with Gasteiger partial charge in [0.15, 0.2) is 5.78 Å². The topological polar surface area (TPSA) is 172 Å². The molecule has 0 spiro atoms. The summed E-state index contributed by atoms with van der Waals surface area (Å²) in [7, 11) is 0. The van der Waals surface area contributed by atoms with Gasteiger partial charge in [0, 0.05) is 12.3 Å². The molecule has 1 saturated heterocycles. The molecule has 0 saturated carbocycles. The number of aromatic nitrogens is 3. The molecule has 1 fully saturated rings. The van der Waals surface area contributed by atoms with Crippen molar-refractivity contribution in [2.75, 3.05) is 13.1 Å². The van der Waals surface area contributed by atoms with E-state index in [9.17, 15) is 14.4 Å². The molecule has 0 radical (unpaired) electrons. The van der Waals surface area contributed by atoms with Gasteiger partial charge in [0.1, 0.15) is 6.04 Å². The molecule has 7 N–H and O–H groups in total. The minimum absolute atomic E-state index is 0.0819. The Hall–Kier alpha value is -2.33. The fraction of sp³-hybridized carbons (Fsp3) is 0.643. The largest absolute Gasteiger partial charge is 0.370 e. The van der Waals surface area contributed by atoms with Crippen molar-refractivity contribution in [1.29, 1.82) is 0 Å². The van der Waals surface area contributed by atoms with Gasteiger partial charge in [-0.25, -0.2) is 4.68 Å². The Labute approximate surface area is 139 Å². The summed E-state index contributed by atoms with van der Waals surface area (Å²) in [5, 5.41) is 11.0. The van der Waals surface area contributed by atoms with Gasteiger partial charge in [0.05, 0.1) is 24.4 Å². The van der Waals surface area contributed by atoms with Crippen LogP contribution in [0.15, 0.2) is 6.20 Å². The first-order valence-corrected chi connectivity index (χ1v) is 7.86. The number of amides is 2. The molecule has 2 heterocycles. The van der Waals surface area contributed by atoms with Crippen LogP contribution in [-0.2, 0) is 14.4 Å². The summed E-state index contributed by atoms with van der Waals surface area (Å²) in [4.78, 5) is 35.1. The Morgan fingerprint density at radius 3 is 2.42 bits per heavy atom. The van der Waals surface area contributed by atoms with Crippen LogP contribution >= 0.6 is 0 Å². The third-order valence-electron chi connectivity index (χ3n) is 4.11. The molecule has 2 rings (SSSR count). The van der Waals surface area contributed by atoms with Crippen LogP contribution in [-0.4, -0.2) is 45.7 Å². The molecular weight excluding hydrogens is 314 g/mol. The van der Waals surface area contributed by atoms with Crippen molar-refractivity contribution in [3.05, 3.63) is 11.9 Å². The molecule has 0 bridgehead atoms. The van der Waals surface area contributed by atoms with Gasteiger partial charge >= 0.3 is 0 Å². The summed E-state index contributed by atoms with van der Waals surface area (Å²) in [6, 6.07) is -1.52. The minimum atomic E-state index is -0.812. The van der Waals surface area contributed by atoms with Crippen LogP contribution in [0.3, 0.4) is 0 Å². The SMILES string of the molecule is NC(=O)C[C@H](N)c1cn([C@@H](CC(N)=O)C(=O)C2CCNCC2)nn1. The number of hydrogen-bond acceptors (Lipinski definition) is 7. The van der Waals surface area contributed by atoms with Crippen molar-refractivity contribution in [2.45, 2.75) is 37.8 Å². The Bertz CT molecular complexity index is 609. The number of nitrogens with two attached hydrogens (primary N) is 3. The molecule has 1 aromatic heterocycles. The van der Waals surface area contributed by atoms with Crippen molar-refractivity contribution < 1.29 is 14.4 Å². The van der Waals surface area contributed by atoms with Crippen LogP contribution in [0.1, 0.15) is 43.5 Å². The fourth-order valence-electron chi connectivity index (χ4n) is 2.83. The van der Waals surface area contributed by atoms with Crippen molar-refractivity contribution in [3.63, 3.8) is 0 Å². The molecule has 1 aromatic rings. The highest BCUT2D eigenvalue weighted by Gasteiger charge is 2.31. The van der Waals surface area contributed by atoms with E-state index < -0.39 is 23.9 Å². The summed E-state index contributed by atoms with van der Waals surface area (Å²) in [5.41, 5.74) is 16.6. The predicted molar refractivity (Wildman–Crippen MR) is 84.2 cm³/mol. The van der Waals surface area contributed by atoms with Gasteiger partial charge in [0.2, 0.25) is 11.8 Å². The lowest BCUT2D eigenvalue weighted by molar-refractivity contribution is -0.130. The van der Waals surface area contributed by atoms with Crippen LogP contribution in [0.2, 0.25) is 0 Å². The van der Waals surface area contributed by atoms with E-state index in [1.54, 1.807) is 0 Å². The maximum Gasteiger partial charge on any atom is 0.220 e. The summed E-state index contributed by atoms with van der Waals surface area (Å²) in [5.74, 6) is -1.39. The lowest BCUT2D eigenvalue weighted by Gasteiger charge is -2.25. The first-order chi connectivity index (χ1) is 11.4. The first kappa shape index (κ1) is 18.0. The van der Waals surface area contributed by atoms with Gasteiger partial charge < -0.3 is 22.5 Å². The van der Waals surface area contributed by atoms with Gasteiger partial charge in [-0.2, -0.15) is 0 Å². The number of carbonyl (C=O) groups is 3. The zero-order valence-electron chi connectivity index (χ0n) is 13.4. The Morgan fingerprint density at radius 2 is 1.83 bits per heavy atom. The van der Waals surface area contributed by atoms with Gasteiger partial charge in [-0.1, -0.05) is 5.21 Å². The predicted octanol–water partition coefficient (Wildman–Crippen LogP) is -1.86. The number of ketones is 1. The highest BCUT2D eigenvalue weighted by Crippen LogP contribution is 2.23. The van der Waals surface area contributed by atoms with Gasteiger partial charge in [0.25, 0.3) is 0 Å². The quantitative estimate of drug-likeness (QED) is 0.430. The van der Waals surface area contributed by atoms with Gasteiger partial charge in [-0.3, -0.25) is 14.4 Å². The molecule has 0 aromatic carbocycles. The van der Waals surface area contributed by atoms with E-state index >= 15 is 0 Å². The minimum Gasteiger partial charge on any atom is -0.370 e. The average Bonchev–Trinajstić information content (AvgIpc) is 3.02. The maximum atomic E-state index is 12.8. The average molecular weight is 337 g/mol. The van der Waals surface area contributed by atoms with Crippen molar-refractivity contribution in [2.24, 2.45) is 23.1 Å². The third-order valence-corrected chi connectivity index (χ3v) is 4.11. The van der Waals surface area contributed by atoms with Crippen LogP contribution in [0.25, 0.3) is 0 Å². The molecule has 2 atom stereocenters. The summed E-state index contributed by atoms with van der Waals surface area (Å²) < 4.78 is 1.31. The van der Waals surface area contributed by atoms with E-state index in [-0.39, 0.29) is 24.5 Å². The van der Waals surface area contributed by atoms with Crippen LogP contribution < -0.4 is 22.5 Å². The smallest absolute Gasteiger partial charge is 0.220 e. The monoisotopic (exact) mass is 337 g/mol. The molecule has 1 aliphatic heterocycles. The van der Waals surface area contributed by atoms with E-state index in [0.29, 0.717) is 18.5 Å². The lowest BCUT2D eigenvalue weighted by Crippen LogP contribution is -2.37. The molecule has 24 heavy (non-hydrogen) atoms. The Morgan fingerprint density at radius 1 is 1.21 bits per heavy atom. The molecule has 10 heteroatoms. The van der Waals surface area contributed by atoms with E-state index in [1.165, 1.54) is 10.9 Å². The lowest BCUT2D eigenvalue weighted by atomic mass is 9.88. The summed E-state index contributed by atoms with van der Waals surface area (Å²) in [6.07, 6.45) is 2.64. The van der Waals surface area contributed by atoms with Gasteiger partial charge in [-0.05, 0) is 25.9 Å². The van der Waals surface area contributed by atoms with Gasteiger partial charge in [-0.15, -0.1) is 5.10 Å². The van der Waals surface area contributed by atoms with Crippen LogP contribution in [0.5, 0.6) is 0 Å². The fourth-order valence-corrected chi connectivity index (χ4v) is 2.83. The van der Waals surface area contributed by atoms with E-state index in [2.05, 4.69) is 15.6 Å². The second-order valence-electron chi connectivity index (χ2n) is 6.01. The second-order valence-corrected chi connectivity index (χ2v) is 6.01. The van der Waals surface area contributed by atoms with E-state index in [4.69, 9.17) is 17.2 Å². The number of primary amides is 2. The highest BCUT2D eigenvalue weighted by atomic mass is 16.2. The number of rotatable bonds is 8. The Kier molecular flexibility index (Phi) is 5.99.